The molecule has 0 saturated heterocycles. The average Bonchev–Trinajstić information content (AvgIpc) is 2.29. The van der Waals surface area contributed by atoms with Gasteiger partial charge in [0.25, 0.3) is 0 Å². The van der Waals surface area contributed by atoms with E-state index in [1.165, 1.54) is 0 Å². The maximum atomic E-state index is 10.8. The summed E-state index contributed by atoms with van der Waals surface area (Å²) in [6.07, 6.45) is 2.56. The lowest BCUT2D eigenvalue weighted by Crippen LogP contribution is -2.28. The molecule has 16 heavy (non-hydrogen) atoms. The summed E-state index contributed by atoms with van der Waals surface area (Å²) in [5, 5.41) is 0. The van der Waals surface area contributed by atoms with Crippen LogP contribution in [0.25, 0.3) is 0 Å². The summed E-state index contributed by atoms with van der Waals surface area (Å²) < 4.78 is 25.4. The summed E-state index contributed by atoms with van der Waals surface area (Å²) in [7, 11) is 0. The van der Waals surface area contributed by atoms with Crippen molar-refractivity contribution in [2.45, 2.75) is 30.8 Å². The maximum absolute atomic E-state index is 10.8. The van der Waals surface area contributed by atoms with Crippen LogP contribution in [0.5, 0.6) is 5.75 Å². The van der Waals surface area contributed by atoms with Crippen LogP contribution < -0.4 is 4.74 Å². The first-order chi connectivity index (χ1) is 7.50. The first kappa shape index (κ1) is 12.9. The topological polar surface area (TPSA) is 46.5 Å². The van der Waals surface area contributed by atoms with Gasteiger partial charge in [-0.1, -0.05) is 13.5 Å². The summed E-state index contributed by atoms with van der Waals surface area (Å²) in [6.45, 7) is 7.69. The minimum Gasteiger partial charge on any atom is -0.484 e. The van der Waals surface area contributed by atoms with Crippen molar-refractivity contribution in [3.8, 4) is 5.75 Å². The average molecular weight is 240 g/mol. The Balaban J connectivity index is 2.83. The Morgan fingerprint density at radius 1 is 1.50 bits per heavy atom. The quantitative estimate of drug-likeness (QED) is 0.635. The first-order valence-corrected chi connectivity index (χ1v) is 6.15. The minimum absolute atomic E-state index is 0.365. The largest absolute Gasteiger partial charge is 0.484 e. The molecule has 0 radical (unpaired) electrons. The monoisotopic (exact) mass is 240 g/mol. The standard InChI is InChI=1S/C12H16O3S/c1-4-12(3,5-2)15-10-6-8-11(9-7-10)16(13)14/h4,6-9H,1,5H2,2-3H3,(H,13,14). The van der Waals surface area contributed by atoms with E-state index in [1.807, 2.05) is 13.8 Å². The normalized spacial score (nSPS) is 16.2. The third-order valence-corrected chi connectivity index (χ3v) is 3.19. The molecule has 0 saturated carbocycles. The second-order valence-corrected chi connectivity index (χ2v) is 4.66. The summed E-state index contributed by atoms with van der Waals surface area (Å²) in [6, 6.07) is 6.51. The SMILES string of the molecule is C=CC(C)(CC)Oc1ccc(S(=O)O)cc1. The van der Waals surface area contributed by atoms with Crippen LogP contribution in [0.2, 0.25) is 0 Å². The molecule has 1 rings (SSSR count). The van der Waals surface area contributed by atoms with Gasteiger partial charge >= 0.3 is 0 Å². The van der Waals surface area contributed by atoms with E-state index in [1.54, 1.807) is 30.3 Å². The van der Waals surface area contributed by atoms with Gasteiger partial charge in [-0.05, 0) is 43.7 Å². The van der Waals surface area contributed by atoms with Crippen LogP contribution in [0.15, 0.2) is 41.8 Å². The van der Waals surface area contributed by atoms with Crippen LogP contribution in [0.4, 0.5) is 0 Å². The van der Waals surface area contributed by atoms with Gasteiger partial charge in [0.15, 0.2) is 11.1 Å². The zero-order valence-corrected chi connectivity index (χ0v) is 10.3. The Kier molecular flexibility index (Phi) is 4.26. The Morgan fingerprint density at radius 2 is 2.06 bits per heavy atom. The van der Waals surface area contributed by atoms with Crippen molar-refractivity contribution in [3.05, 3.63) is 36.9 Å². The molecular weight excluding hydrogens is 224 g/mol. The highest BCUT2D eigenvalue weighted by atomic mass is 32.2. The van der Waals surface area contributed by atoms with Crippen LogP contribution in [-0.2, 0) is 11.1 Å². The van der Waals surface area contributed by atoms with Crippen LogP contribution in [0.3, 0.4) is 0 Å². The third kappa shape index (κ3) is 3.18. The fraction of sp³-hybridized carbons (Fsp3) is 0.333. The molecule has 3 nitrogen and oxygen atoms in total. The zero-order valence-electron chi connectivity index (χ0n) is 9.47. The molecule has 1 aromatic rings. The third-order valence-electron chi connectivity index (χ3n) is 2.51. The highest BCUT2D eigenvalue weighted by Gasteiger charge is 2.19. The van der Waals surface area contributed by atoms with E-state index in [0.29, 0.717) is 10.6 Å². The number of hydrogen-bond acceptors (Lipinski definition) is 2. The van der Waals surface area contributed by atoms with Crippen molar-refractivity contribution in [2.75, 3.05) is 0 Å². The summed E-state index contributed by atoms with van der Waals surface area (Å²) >= 11 is -1.94. The first-order valence-electron chi connectivity index (χ1n) is 5.04. The van der Waals surface area contributed by atoms with E-state index in [4.69, 9.17) is 9.29 Å². The smallest absolute Gasteiger partial charge is 0.186 e. The van der Waals surface area contributed by atoms with E-state index in [9.17, 15) is 4.21 Å². The fourth-order valence-electron chi connectivity index (χ4n) is 1.15. The molecule has 0 aliphatic heterocycles. The summed E-state index contributed by atoms with van der Waals surface area (Å²) in [4.78, 5) is 0.365. The number of benzene rings is 1. The second-order valence-electron chi connectivity index (χ2n) is 3.69. The molecule has 0 bridgehead atoms. The van der Waals surface area contributed by atoms with Gasteiger partial charge in [0, 0.05) is 0 Å². The molecule has 0 aliphatic rings. The lowest BCUT2D eigenvalue weighted by Gasteiger charge is -2.25. The molecule has 1 N–H and O–H groups in total. The molecular formula is C12H16O3S. The molecule has 2 atom stereocenters. The molecule has 88 valence electrons. The van der Waals surface area contributed by atoms with Crippen molar-refractivity contribution < 1.29 is 13.5 Å². The van der Waals surface area contributed by atoms with Gasteiger partial charge in [0.2, 0.25) is 0 Å². The van der Waals surface area contributed by atoms with Gasteiger partial charge in [0.05, 0.1) is 4.90 Å². The number of rotatable bonds is 5. The highest BCUT2D eigenvalue weighted by molar-refractivity contribution is 7.79. The number of ether oxygens (including phenoxy) is 1. The van der Waals surface area contributed by atoms with Crippen molar-refractivity contribution in [1.29, 1.82) is 0 Å². The Morgan fingerprint density at radius 3 is 2.44 bits per heavy atom. The van der Waals surface area contributed by atoms with Gasteiger partial charge in [-0.25, -0.2) is 4.21 Å². The molecule has 2 unspecified atom stereocenters. The fourth-order valence-corrected chi connectivity index (χ4v) is 1.52. The van der Waals surface area contributed by atoms with Crippen molar-refractivity contribution in [2.24, 2.45) is 0 Å². The minimum atomic E-state index is -1.94. The van der Waals surface area contributed by atoms with Gasteiger partial charge in [0.1, 0.15) is 11.4 Å². The van der Waals surface area contributed by atoms with E-state index < -0.39 is 16.7 Å². The van der Waals surface area contributed by atoms with E-state index in [-0.39, 0.29) is 0 Å². The van der Waals surface area contributed by atoms with Crippen LogP contribution >= 0.6 is 0 Å². The summed E-state index contributed by atoms with van der Waals surface area (Å²) in [5.74, 6) is 0.665. The molecule has 4 heteroatoms. The molecule has 0 fully saturated rings. The lowest BCUT2D eigenvalue weighted by molar-refractivity contribution is 0.136. The zero-order chi connectivity index (χ0) is 12.2. The predicted octanol–water partition coefficient (Wildman–Crippen LogP) is 3.00. The Hall–Kier alpha value is -1.13. The molecule has 0 aromatic heterocycles. The van der Waals surface area contributed by atoms with Crippen molar-refractivity contribution >= 4 is 11.1 Å². The van der Waals surface area contributed by atoms with Gasteiger partial charge in [-0.15, -0.1) is 0 Å². The predicted molar refractivity (Wildman–Crippen MR) is 65.0 cm³/mol. The van der Waals surface area contributed by atoms with Crippen LogP contribution in [0.1, 0.15) is 20.3 Å². The summed E-state index contributed by atoms with van der Waals surface area (Å²) in [5.41, 5.74) is -0.403. The van der Waals surface area contributed by atoms with Crippen LogP contribution in [-0.4, -0.2) is 14.4 Å². The molecule has 0 heterocycles. The van der Waals surface area contributed by atoms with E-state index >= 15 is 0 Å². The van der Waals surface area contributed by atoms with Gasteiger partial charge in [-0.2, -0.15) is 0 Å². The second kappa shape index (κ2) is 5.27. The van der Waals surface area contributed by atoms with Gasteiger partial charge in [-0.3, -0.25) is 0 Å². The van der Waals surface area contributed by atoms with E-state index in [2.05, 4.69) is 6.58 Å². The molecule has 1 aromatic carbocycles. The molecule has 0 aliphatic carbocycles. The molecule has 0 amide bonds. The maximum Gasteiger partial charge on any atom is 0.186 e. The highest BCUT2D eigenvalue weighted by Crippen LogP contribution is 2.23. The van der Waals surface area contributed by atoms with Crippen molar-refractivity contribution in [3.63, 3.8) is 0 Å². The van der Waals surface area contributed by atoms with Crippen molar-refractivity contribution in [1.82, 2.24) is 0 Å². The lowest BCUT2D eigenvalue weighted by atomic mass is 10.0. The Labute approximate surface area is 98.4 Å². The van der Waals surface area contributed by atoms with Crippen LogP contribution in [0, 0.1) is 0 Å². The van der Waals surface area contributed by atoms with Gasteiger partial charge < -0.3 is 9.29 Å². The van der Waals surface area contributed by atoms with E-state index in [0.717, 1.165) is 6.42 Å². The molecule has 0 spiro atoms. The number of hydrogen-bond donors (Lipinski definition) is 1. The Bertz CT molecular complexity index is 386.